The highest BCUT2D eigenvalue weighted by Crippen LogP contribution is 2.37. The molecule has 0 radical (unpaired) electrons. The number of rotatable bonds is 3. The average molecular weight is 489 g/mol. The van der Waals surface area contributed by atoms with Crippen LogP contribution < -0.4 is 0 Å². The predicted molar refractivity (Wildman–Crippen MR) is 152 cm³/mol. The lowest BCUT2D eigenvalue weighted by Crippen LogP contribution is -1.95. The summed E-state index contributed by atoms with van der Waals surface area (Å²) in [6, 6.07) is 39.3. The minimum atomic E-state index is 0.673. The van der Waals surface area contributed by atoms with Crippen LogP contribution in [0.25, 0.3) is 71.8 Å². The molecule has 0 spiro atoms. The number of hydrogen-bond acceptors (Lipinski definition) is 4. The van der Waals surface area contributed by atoms with Gasteiger partial charge in [-0.3, -0.25) is 0 Å². The van der Waals surface area contributed by atoms with Gasteiger partial charge in [0, 0.05) is 17.1 Å². The van der Waals surface area contributed by atoms with Gasteiger partial charge in [-0.1, -0.05) is 84.9 Å². The van der Waals surface area contributed by atoms with E-state index in [0.717, 1.165) is 49.6 Å². The number of para-hydroxylation sites is 1. The maximum absolute atomic E-state index is 6.35. The summed E-state index contributed by atoms with van der Waals surface area (Å²) >= 11 is 0. The van der Waals surface area contributed by atoms with E-state index >= 15 is 0 Å². The van der Waals surface area contributed by atoms with Gasteiger partial charge in [0.1, 0.15) is 22.5 Å². The Balaban J connectivity index is 1.38. The third-order valence-electron chi connectivity index (χ3n) is 7.15. The van der Waals surface area contributed by atoms with Crippen molar-refractivity contribution in [1.29, 1.82) is 0 Å². The molecule has 0 fully saturated rings. The molecular weight excluding hydrogens is 468 g/mol. The Kier molecular flexibility index (Phi) is 4.45. The lowest BCUT2D eigenvalue weighted by Gasteiger charge is -2.05. The normalized spacial score (nSPS) is 11.7. The Hall–Kier alpha value is -5.29. The van der Waals surface area contributed by atoms with Gasteiger partial charge < -0.3 is 4.42 Å². The zero-order valence-corrected chi connectivity index (χ0v) is 20.2. The first-order chi connectivity index (χ1) is 18.8. The van der Waals surface area contributed by atoms with E-state index in [1.54, 1.807) is 0 Å². The van der Waals surface area contributed by atoms with E-state index in [1.807, 2.05) is 65.5 Å². The first kappa shape index (κ1) is 20.9. The number of furan rings is 1. The second-order valence-electron chi connectivity index (χ2n) is 9.44. The highest BCUT2D eigenvalue weighted by molar-refractivity contribution is 6.08. The van der Waals surface area contributed by atoms with Crippen molar-refractivity contribution in [3.8, 4) is 28.4 Å². The third kappa shape index (κ3) is 3.22. The Morgan fingerprint density at radius 2 is 1.29 bits per heavy atom. The lowest BCUT2D eigenvalue weighted by atomic mass is 10.0. The Labute approximate surface area is 217 Å². The SMILES string of the molecule is c1ccc(-n2cc3c(-c4cc5c(ccc6ccccc65)o4)nnc(-c4ccc5ccccc5c4)c3n2)cc1. The van der Waals surface area contributed by atoms with Gasteiger partial charge in [0.25, 0.3) is 0 Å². The standard InChI is InChI=1S/C33H20N4O/c1-2-11-25(12-3-1)37-20-28-32(30-19-27-26-13-7-6-9-22(26)16-17-29(27)38-30)35-34-31(33(28)36-37)24-15-14-21-8-4-5-10-23(21)18-24/h1-20H. The highest BCUT2D eigenvalue weighted by Gasteiger charge is 2.20. The minimum absolute atomic E-state index is 0.673. The van der Waals surface area contributed by atoms with Crippen LogP contribution in [0.5, 0.6) is 0 Å². The van der Waals surface area contributed by atoms with Crippen molar-refractivity contribution in [3.63, 3.8) is 0 Å². The molecule has 0 saturated heterocycles. The molecule has 0 unspecified atom stereocenters. The van der Waals surface area contributed by atoms with Gasteiger partial charge in [0.2, 0.25) is 0 Å². The van der Waals surface area contributed by atoms with Gasteiger partial charge in [-0.2, -0.15) is 5.10 Å². The van der Waals surface area contributed by atoms with Gasteiger partial charge >= 0.3 is 0 Å². The second kappa shape index (κ2) is 8.11. The van der Waals surface area contributed by atoms with Crippen molar-refractivity contribution in [2.75, 3.05) is 0 Å². The van der Waals surface area contributed by atoms with Gasteiger partial charge in [-0.05, 0) is 51.9 Å². The number of nitrogens with zero attached hydrogens (tertiary/aromatic N) is 4. The molecule has 0 aliphatic rings. The van der Waals surface area contributed by atoms with Gasteiger partial charge in [0.05, 0.1) is 11.1 Å². The molecule has 5 heteroatoms. The van der Waals surface area contributed by atoms with E-state index in [2.05, 4.69) is 60.7 Å². The molecule has 0 saturated carbocycles. The van der Waals surface area contributed by atoms with E-state index in [1.165, 1.54) is 10.8 Å². The zero-order valence-electron chi connectivity index (χ0n) is 20.2. The summed E-state index contributed by atoms with van der Waals surface area (Å²) in [5.41, 5.74) is 4.95. The lowest BCUT2D eigenvalue weighted by molar-refractivity contribution is 0.628. The second-order valence-corrected chi connectivity index (χ2v) is 9.44. The fourth-order valence-corrected chi connectivity index (χ4v) is 5.26. The van der Waals surface area contributed by atoms with Crippen molar-refractivity contribution in [2.45, 2.75) is 0 Å². The highest BCUT2D eigenvalue weighted by atomic mass is 16.3. The van der Waals surface area contributed by atoms with E-state index in [4.69, 9.17) is 19.7 Å². The maximum Gasteiger partial charge on any atom is 0.156 e. The van der Waals surface area contributed by atoms with Crippen LogP contribution in [0.1, 0.15) is 0 Å². The monoisotopic (exact) mass is 488 g/mol. The largest absolute Gasteiger partial charge is 0.454 e. The molecule has 0 aliphatic carbocycles. The summed E-state index contributed by atoms with van der Waals surface area (Å²) in [4.78, 5) is 0. The zero-order chi connectivity index (χ0) is 25.1. The van der Waals surface area contributed by atoms with Crippen molar-refractivity contribution in [2.24, 2.45) is 0 Å². The molecule has 5 nitrogen and oxygen atoms in total. The summed E-state index contributed by atoms with van der Waals surface area (Å²) in [7, 11) is 0. The summed E-state index contributed by atoms with van der Waals surface area (Å²) < 4.78 is 8.24. The van der Waals surface area contributed by atoms with E-state index in [-0.39, 0.29) is 0 Å². The van der Waals surface area contributed by atoms with Crippen LogP contribution in [-0.2, 0) is 0 Å². The summed E-state index contributed by atoms with van der Waals surface area (Å²) in [5, 5.41) is 21.0. The first-order valence-electron chi connectivity index (χ1n) is 12.5. The van der Waals surface area contributed by atoms with Crippen molar-refractivity contribution >= 4 is 43.4 Å². The summed E-state index contributed by atoms with van der Waals surface area (Å²) in [6.45, 7) is 0. The van der Waals surface area contributed by atoms with E-state index in [0.29, 0.717) is 11.5 Å². The topological polar surface area (TPSA) is 56.7 Å². The Morgan fingerprint density at radius 3 is 2.18 bits per heavy atom. The molecule has 3 heterocycles. The Bertz CT molecular complexity index is 2140. The number of benzene rings is 5. The van der Waals surface area contributed by atoms with Crippen LogP contribution in [0.15, 0.2) is 126 Å². The Morgan fingerprint density at radius 1 is 0.553 bits per heavy atom. The first-order valence-corrected chi connectivity index (χ1v) is 12.5. The molecule has 3 aromatic heterocycles. The molecule has 0 aliphatic heterocycles. The van der Waals surface area contributed by atoms with Crippen LogP contribution in [0.2, 0.25) is 0 Å². The van der Waals surface area contributed by atoms with Gasteiger partial charge in [0.15, 0.2) is 5.76 Å². The predicted octanol–water partition coefficient (Wildman–Crippen LogP) is 8.20. The molecule has 0 atom stereocenters. The van der Waals surface area contributed by atoms with Crippen molar-refractivity contribution in [3.05, 3.63) is 121 Å². The number of hydrogen-bond donors (Lipinski definition) is 0. The molecule has 38 heavy (non-hydrogen) atoms. The van der Waals surface area contributed by atoms with Crippen LogP contribution in [0.4, 0.5) is 0 Å². The van der Waals surface area contributed by atoms with Crippen LogP contribution in [0.3, 0.4) is 0 Å². The van der Waals surface area contributed by atoms with E-state index < -0.39 is 0 Å². The minimum Gasteiger partial charge on any atom is -0.454 e. The molecule has 178 valence electrons. The summed E-state index contributed by atoms with van der Waals surface area (Å²) in [5.74, 6) is 0.673. The van der Waals surface area contributed by atoms with Crippen LogP contribution in [-0.4, -0.2) is 20.0 Å². The number of fused-ring (bicyclic) bond motifs is 5. The quantitative estimate of drug-likeness (QED) is 0.251. The van der Waals surface area contributed by atoms with Crippen LogP contribution >= 0.6 is 0 Å². The maximum atomic E-state index is 6.35. The molecular formula is C33H20N4O. The molecule has 0 N–H and O–H groups in total. The third-order valence-corrected chi connectivity index (χ3v) is 7.15. The molecule has 8 rings (SSSR count). The molecule has 8 aromatic rings. The average Bonchev–Trinajstić information content (AvgIpc) is 3.62. The van der Waals surface area contributed by atoms with Crippen molar-refractivity contribution in [1.82, 2.24) is 20.0 Å². The van der Waals surface area contributed by atoms with Gasteiger partial charge in [-0.25, -0.2) is 4.68 Å². The molecule has 0 bridgehead atoms. The smallest absolute Gasteiger partial charge is 0.156 e. The van der Waals surface area contributed by atoms with E-state index in [9.17, 15) is 0 Å². The van der Waals surface area contributed by atoms with Crippen molar-refractivity contribution < 1.29 is 4.42 Å². The summed E-state index contributed by atoms with van der Waals surface area (Å²) in [6.07, 6.45) is 2.02. The van der Waals surface area contributed by atoms with Gasteiger partial charge in [-0.15, -0.1) is 10.2 Å². The fraction of sp³-hybridized carbons (Fsp3) is 0. The molecule has 5 aromatic carbocycles. The molecule has 0 amide bonds. The fourth-order valence-electron chi connectivity index (χ4n) is 5.26. The van der Waals surface area contributed by atoms with Crippen LogP contribution in [0, 0.1) is 0 Å². The number of aromatic nitrogens is 4.